The van der Waals surface area contributed by atoms with Gasteiger partial charge in [-0.3, -0.25) is 4.79 Å². The molecule has 2 aromatic rings. The maximum atomic E-state index is 12.9. The predicted octanol–water partition coefficient (Wildman–Crippen LogP) is 3.81. The smallest absolute Gasteiger partial charge is 0.204 e. The summed E-state index contributed by atoms with van der Waals surface area (Å²) in [5.74, 6) is 1.03. The van der Waals surface area contributed by atoms with Gasteiger partial charge in [-0.25, -0.2) is 0 Å². The quantitative estimate of drug-likeness (QED) is 0.478. The van der Waals surface area contributed by atoms with Gasteiger partial charge in [-0.05, 0) is 43.2 Å². The van der Waals surface area contributed by atoms with E-state index >= 15 is 0 Å². The first-order valence-corrected chi connectivity index (χ1v) is 8.91. The molecule has 7 nitrogen and oxygen atoms in total. The average molecular weight is 402 g/mol. The van der Waals surface area contributed by atoms with Crippen LogP contribution in [0.5, 0.6) is 34.5 Å². The Morgan fingerprint density at radius 2 is 1.52 bits per heavy atom. The molecule has 1 N–H and O–H groups in total. The van der Waals surface area contributed by atoms with Crippen LogP contribution in [-0.2, 0) is 6.42 Å². The van der Waals surface area contributed by atoms with Crippen LogP contribution in [-0.4, -0.2) is 45.4 Å². The van der Waals surface area contributed by atoms with Crippen molar-refractivity contribution in [2.75, 3.05) is 28.4 Å². The van der Waals surface area contributed by atoms with Gasteiger partial charge in [-0.2, -0.15) is 0 Å². The number of methoxy groups -OCH3 is 4. The Kier molecular flexibility index (Phi) is 7.36. The first-order chi connectivity index (χ1) is 13.9. The molecule has 0 saturated heterocycles. The maximum Gasteiger partial charge on any atom is 0.204 e. The third-order valence-corrected chi connectivity index (χ3v) is 4.31. The highest BCUT2D eigenvalue weighted by molar-refractivity contribution is 6.00. The Morgan fingerprint density at radius 1 is 0.966 bits per heavy atom. The summed E-state index contributed by atoms with van der Waals surface area (Å²) in [6, 6.07) is 6.41. The molecule has 1 unspecified atom stereocenters. The summed E-state index contributed by atoms with van der Waals surface area (Å²) in [6.45, 7) is 5.33. The standard InChI is InChI=1S/C22H26O7/c1-7-8-14-9-17(25-3)22(18(10-14)26-4)29-13(2)20(24)15-11-16(23)21(28-6)19(12-15)27-5/h7,9-13,23H,1,8H2,2-6H3. The predicted molar refractivity (Wildman–Crippen MR) is 109 cm³/mol. The molecular formula is C22H26O7. The van der Waals surface area contributed by atoms with Crippen molar-refractivity contribution < 1.29 is 33.6 Å². The molecule has 0 heterocycles. The van der Waals surface area contributed by atoms with Gasteiger partial charge in [0.15, 0.2) is 29.1 Å². The number of hydrogen-bond acceptors (Lipinski definition) is 7. The molecule has 2 aromatic carbocycles. The Hall–Kier alpha value is -3.35. The lowest BCUT2D eigenvalue weighted by molar-refractivity contribution is 0.0808. The van der Waals surface area contributed by atoms with Gasteiger partial charge in [0, 0.05) is 5.56 Å². The second kappa shape index (κ2) is 9.73. The number of allylic oxidation sites excluding steroid dienone is 1. The molecule has 156 valence electrons. The summed E-state index contributed by atoms with van der Waals surface area (Å²) in [5.41, 5.74) is 1.15. The van der Waals surface area contributed by atoms with Crippen LogP contribution >= 0.6 is 0 Å². The van der Waals surface area contributed by atoms with Crippen molar-refractivity contribution in [2.45, 2.75) is 19.4 Å². The zero-order chi connectivity index (χ0) is 21.6. The highest BCUT2D eigenvalue weighted by atomic mass is 16.5. The average Bonchev–Trinajstić information content (AvgIpc) is 2.73. The minimum atomic E-state index is -0.888. The van der Waals surface area contributed by atoms with Crippen molar-refractivity contribution in [2.24, 2.45) is 0 Å². The Bertz CT molecular complexity index is 864. The maximum absolute atomic E-state index is 12.9. The SMILES string of the molecule is C=CCc1cc(OC)c(OC(C)C(=O)c2cc(O)c(OC)c(OC)c2)c(OC)c1. The van der Waals surface area contributed by atoms with Crippen LogP contribution in [0.2, 0.25) is 0 Å². The summed E-state index contributed by atoms with van der Waals surface area (Å²) in [4.78, 5) is 12.9. The normalized spacial score (nSPS) is 11.3. The van der Waals surface area contributed by atoms with E-state index in [4.69, 9.17) is 23.7 Å². The monoisotopic (exact) mass is 402 g/mol. The number of hydrogen-bond donors (Lipinski definition) is 1. The molecule has 0 amide bonds. The zero-order valence-corrected chi connectivity index (χ0v) is 17.3. The number of carbonyl (C=O) groups is 1. The molecule has 0 aliphatic heterocycles. The van der Waals surface area contributed by atoms with E-state index in [1.54, 1.807) is 25.1 Å². The van der Waals surface area contributed by atoms with Crippen molar-refractivity contribution in [3.8, 4) is 34.5 Å². The summed E-state index contributed by atoms with van der Waals surface area (Å²) < 4.78 is 27.0. The zero-order valence-electron chi connectivity index (χ0n) is 17.3. The van der Waals surface area contributed by atoms with Gasteiger partial charge in [-0.1, -0.05) is 6.08 Å². The summed E-state index contributed by atoms with van der Waals surface area (Å²) in [6.07, 6.45) is 1.51. The second-order valence-corrected chi connectivity index (χ2v) is 6.18. The van der Waals surface area contributed by atoms with E-state index < -0.39 is 6.10 Å². The minimum absolute atomic E-state index is 0.152. The number of benzene rings is 2. The number of carbonyl (C=O) groups excluding carboxylic acids is 1. The van der Waals surface area contributed by atoms with E-state index in [0.717, 1.165) is 5.56 Å². The van der Waals surface area contributed by atoms with Crippen LogP contribution in [0.25, 0.3) is 0 Å². The van der Waals surface area contributed by atoms with Gasteiger partial charge in [0.1, 0.15) is 0 Å². The van der Waals surface area contributed by atoms with Crippen molar-refractivity contribution in [1.29, 1.82) is 0 Å². The molecule has 2 rings (SSSR count). The number of phenols is 1. The Labute approximate surface area is 170 Å². The highest BCUT2D eigenvalue weighted by Crippen LogP contribution is 2.41. The molecule has 0 spiro atoms. The fraction of sp³-hybridized carbons (Fsp3) is 0.318. The van der Waals surface area contributed by atoms with E-state index in [1.165, 1.54) is 40.6 Å². The Morgan fingerprint density at radius 3 is 2.00 bits per heavy atom. The molecule has 0 aliphatic carbocycles. The first kappa shape index (κ1) is 21.9. The summed E-state index contributed by atoms with van der Waals surface area (Å²) in [5, 5.41) is 10.1. The number of aromatic hydroxyl groups is 1. The van der Waals surface area contributed by atoms with E-state index in [1.807, 2.05) is 0 Å². The minimum Gasteiger partial charge on any atom is -0.504 e. The topological polar surface area (TPSA) is 83.5 Å². The van der Waals surface area contributed by atoms with E-state index in [-0.39, 0.29) is 28.6 Å². The van der Waals surface area contributed by atoms with Gasteiger partial charge >= 0.3 is 0 Å². The van der Waals surface area contributed by atoms with Crippen LogP contribution in [0.1, 0.15) is 22.8 Å². The van der Waals surface area contributed by atoms with Crippen molar-refractivity contribution in [1.82, 2.24) is 0 Å². The Balaban J connectivity index is 2.37. The molecule has 0 bridgehead atoms. The largest absolute Gasteiger partial charge is 0.504 e. The van der Waals surface area contributed by atoms with Crippen LogP contribution in [0.4, 0.5) is 0 Å². The van der Waals surface area contributed by atoms with Gasteiger partial charge in [0.2, 0.25) is 17.3 Å². The van der Waals surface area contributed by atoms with Crippen molar-refractivity contribution in [3.05, 3.63) is 48.0 Å². The van der Waals surface area contributed by atoms with E-state index in [2.05, 4.69) is 6.58 Å². The lowest BCUT2D eigenvalue weighted by Crippen LogP contribution is -2.24. The molecule has 7 heteroatoms. The molecule has 0 radical (unpaired) electrons. The van der Waals surface area contributed by atoms with Gasteiger partial charge in [0.25, 0.3) is 0 Å². The molecule has 0 fully saturated rings. The van der Waals surface area contributed by atoms with Crippen LogP contribution in [0, 0.1) is 0 Å². The molecule has 1 atom stereocenters. The second-order valence-electron chi connectivity index (χ2n) is 6.18. The van der Waals surface area contributed by atoms with Gasteiger partial charge in [0.05, 0.1) is 28.4 Å². The lowest BCUT2D eigenvalue weighted by atomic mass is 10.1. The van der Waals surface area contributed by atoms with E-state index in [0.29, 0.717) is 23.7 Å². The molecule has 29 heavy (non-hydrogen) atoms. The lowest BCUT2D eigenvalue weighted by Gasteiger charge is -2.20. The van der Waals surface area contributed by atoms with Crippen LogP contribution < -0.4 is 23.7 Å². The number of phenolic OH excluding ortho intramolecular Hbond substituents is 1. The van der Waals surface area contributed by atoms with Crippen molar-refractivity contribution in [3.63, 3.8) is 0 Å². The van der Waals surface area contributed by atoms with Gasteiger partial charge < -0.3 is 28.8 Å². The number of rotatable bonds is 10. The van der Waals surface area contributed by atoms with Crippen LogP contribution in [0.3, 0.4) is 0 Å². The van der Waals surface area contributed by atoms with Gasteiger partial charge in [-0.15, -0.1) is 6.58 Å². The third kappa shape index (κ3) is 4.74. The van der Waals surface area contributed by atoms with Crippen LogP contribution in [0.15, 0.2) is 36.9 Å². The molecular weight excluding hydrogens is 376 g/mol. The number of ketones is 1. The van der Waals surface area contributed by atoms with E-state index in [9.17, 15) is 9.90 Å². The first-order valence-electron chi connectivity index (χ1n) is 8.91. The number of Topliss-reactive ketones (excluding diaryl/α,β-unsaturated/α-hetero) is 1. The third-order valence-electron chi connectivity index (χ3n) is 4.31. The summed E-state index contributed by atoms with van der Waals surface area (Å²) >= 11 is 0. The molecule has 0 aliphatic rings. The number of ether oxygens (including phenoxy) is 5. The van der Waals surface area contributed by atoms with Crippen molar-refractivity contribution >= 4 is 5.78 Å². The fourth-order valence-electron chi connectivity index (χ4n) is 2.89. The highest BCUT2D eigenvalue weighted by Gasteiger charge is 2.24. The molecule has 0 aromatic heterocycles. The summed E-state index contributed by atoms with van der Waals surface area (Å²) in [7, 11) is 5.85. The molecule has 0 saturated carbocycles. The fourth-order valence-corrected chi connectivity index (χ4v) is 2.89.